The van der Waals surface area contributed by atoms with Crippen molar-refractivity contribution in [2.24, 2.45) is 5.73 Å². The summed E-state index contributed by atoms with van der Waals surface area (Å²) in [6, 6.07) is 2.41. The summed E-state index contributed by atoms with van der Waals surface area (Å²) in [6.45, 7) is 4.33. The van der Waals surface area contributed by atoms with Crippen molar-refractivity contribution in [3.63, 3.8) is 0 Å². The Labute approximate surface area is 121 Å². The molecule has 0 saturated heterocycles. The van der Waals surface area contributed by atoms with E-state index in [0.717, 1.165) is 44.2 Å². The minimum Gasteiger partial charge on any atom is -0.325 e. The molecule has 0 spiro atoms. The fourth-order valence-electron chi connectivity index (χ4n) is 3.25. The van der Waals surface area contributed by atoms with Gasteiger partial charge in [0.2, 0.25) is 0 Å². The number of hydrogen-bond donors (Lipinski definition) is 1. The average Bonchev–Trinajstić information content (AvgIpc) is 3.01. The predicted molar refractivity (Wildman–Crippen MR) is 80.6 cm³/mol. The standard InChI is InChI=1S/C16H27N3O/c1-3-14(4-2)19-10-7-13(18-19)11-15(20)12-16(17)8-5-6-9-16/h7,10,14H,3-6,8-9,11-12,17H2,1-2H3. The third kappa shape index (κ3) is 3.69. The van der Waals surface area contributed by atoms with Crippen LogP contribution < -0.4 is 5.73 Å². The lowest BCUT2D eigenvalue weighted by Gasteiger charge is -2.22. The van der Waals surface area contributed by atoms with E-state index in [2.05, 4.69) is 18.9 Å². The summed E-state index contributed by atoms with van der Waals surface area (Å²) in [5, 5.41) is 4.54. The number of hydrogen-bond acceptors (Lipinski definition) is 3. The Morgan fingerprint density at radius 1 is 1.40 bits per heavy atom. The van der Waals surface area contributed by atoms with Crippen molar-refractivity contribution in [1.82, 2.24) is 9.78 Å². The Morgan fingerprint density at radius 2 is 2.05 bits per heavy atom. The lowest BCUT2D eigenvalue weighted by Crippen LogP contribution is -2.39. The zero-order chi connectivity index (χ0) is 14.6. The third-order valence-corrected chi connectivity index (χ3v) is 4.51. The highest BCUT2D eigenvalue weighted by Crippen LogP contribution is 2.30. The van der Waals surface area contributed by atoms with Gasteiger partial charge in [0.05, 0.1) is 18.2 Å². The molecule has 0 aliphatic heterocycles. The molecular weight excluding hydrogens is 250 g/mol. The van der Waals surface area contributed by atoms with Crippen molar-refractivity contribution in [3.05, 3.63) is 18.0 Å². The zero-order valence-corrected chi connectivity index (χ0v) is 12.8. The molecule has 1 aliphatic carbocycles. The molecule has 4 nitrogen and oxygen atoms in total. The summed E-state index contributed by atoms with van der Waals surface area (Å²) in [5.41, 5.74) is 6.90. The molecule has 0 radical (unpaired) electrons. The second kappa shape index (κ2) is 6.53. The lowest BCUT2D eigenvalue weighted by molar-refractivity contribution is -0.119. The van der Waals surface area contributed by atoms with Gasteiger partial charge in [0.25, 0.3) is 0 Å². The Balaban J connectivity index is 1.91. The van der Waals surface area contributed by atoms with Gasteiger partial charge in [0, 0.05) is 18.2 Å². The highest BCUT2D eigenvalue weighted by Gasteiger charge is 2.31. The van der Waals surface area contributed by atoms with Crippen LogP contribution >= 0.6 is 0 Å². The van der Waals surface area contributed by atoms with E-state index in [1.165, 1.54) is 0 Å². The van der Waals surface area contributed by atoms with Gasteiger partial charge in [-0.25, -0.2) is 0 Å². The molecule has 0 atom stereocenters. The fraction of sp³-hybridized carbons (Fsp3) is 0.750. The average molecular weight is 277 g/mol. The summed E-state index contributed by atoms with van der Waals surface area (Å²) in [4.78, 5) is 12.2. The van der Waals surface area contributed by atoms with Crippen LogP contribution in [0.4, 0.5) is 0 Å². The van der Waals surface area contributed by atoms with E-state index >= 15 is 0 Å². The van der Waals surface area contributed by atoms with Gasteiger partial charge in [-0.1, -0.05) is 26.7 Å². The lowest BCUT2D eigenvalue weighted by atomic mass is 9.91. The summed E-state index contributed by atoms with van der Waals surface area (Å²) >= 11 is 0. The number of aromatic nitrogens is 2. The smallest absolute Gasteiger partial charge is 0.140 e. The van der Waals surface area contributed by atoms with Crippen molar-refractivity contribution in [3.8, 4) is 0 Å². The third-order valence-electron chi connectivity index (χ3n) is 4.51. The van der Waals surface area contributed by atoms with Gasteiger partial charge in [-0.15, -0.1) is 0 Å². The molecule has 0 unspecified atom stereocenters. The Kier molecular flexibility index (Phi) is 4.97. The Hall–Kier alpha value is -1.16. The monoisotopic (exact) mass is 277 g/mol. The highest BCUT2D eigenvalue weighted by atomic mass is 16.1. The maximum atomic E-state index is 12.2. The van der Waals surface area contributed by atoms with Crippen LogP contribution in [0.25, 0.3) is 0 Å². The van der Waals surface area contributed by atoms with Crippen LogP contribution in [0.3, 0.4) is 0 Å². The topological polar surface area (TPSA) is 60.9 Å². The molecule has 1 fully saturated rings. The van der Waals surface area contributed by atoms with Crippen LogP contribution in [0.15, 0.2) is 12.3 Å². The van der Waals surface area contributed by atoms with E-state index in [9.17, 15) is 4.79 Å². The van der Waals surface area contributed by atoms with Crippen molar-refractivity contribution in [2.45, 2.75) is 76.8 Å². The second-order valence-corrected chi connectivity index (χ2v) is 6.22. The minimum absolute atomic E-state index is 0.226. The largest absolute Gasteiger partial charge is 0.325 e. The summed E-state index contributed by atoms with van der Waals surface area (Å²) in [7, 11) is 0. The van der Waals surface area contributed by atoms with Crippen molar-refractivity contribution in [1.29, 1.82) is 0 Å². The minimum atomic E-state index is -0.241. The van der Waals surface area contributed by atoms with Gasteiger partial charge >= 0.3 is 0 Å². The molecule has 1 heterocycles. The molecule has 1 saturated carbocycles. The Bertz CT molecular complexity index is 442. The van der Waals surface area contributed by atoms with Crippen LogP contribution in [0, 0.1) is 0 Å². The van der Waals surface area contributed by atoms with Crippen LogP contribution in [0.2, 0.25) is 0 Å². The quantitative estimate of drug-likeness (QED) is 0.833. The van der Waals surface area contributed by atoms with Crippen molar-refractivity contribution < 1.29 is 4.79 Å². The molecule has 0 aromatic carbocycles. The van der Waals surface area contributed by atoms with Crippen LogP contribution in [-0.2, 0) is 11.2 Å². The SMILES string of the molecule is CCC(CC)n1ccc(CC(=O)CC2(N)CCCC2)n1. The van der Waals surface area contributed by atoms with Gasteiger partial charge < -0.3 is 5.73 Å². The maximum Gasteiger partial charge on any atom is 0.140 e. The summed E-state index contributed by atoms with van der Waals surface area (Å²) in [6.07, 6.45) is 9.35. The molecule has 1 aliphatic rings. The molecule has 1 aromatic rings. The molecule has 20 heavy (non-hydrogen) atoms. The molecule has 4 heteroatoms. The van der Waals surface area contributed by atoms with Crippen LogP contribution in [0.5, 0.6) is 0 Å². The molecule has 112 valence electrons. The van der Waals surface area contributed by atoms with Gasteiger partial charge in [0.15, 0.2) is 0 Å². The molecular formula is C16H27N3O. The first-order valence-electron chi connectivity index (χ1n) is 7.91. The van der Waals surface area contributed by atoms with Crippen molar-refractivity contribution in [2.75, 3.05) is 0 Å². The van der Waals surface area contributed by atoms with E-state index in [4.69, 9.17) is 5.73 Å². The number of nitrogens with two attached hydrogens (primary N) is 1. The second-order valence-electron chi connectivity index (χ2n) is 6.22. The van der Waals surface area contributed by atoms with Crippen LogP contribution in [-0.4, -0.2) is 21.1 Å². The normalized spacial score (nSPS) is 17.8. The van der Waals surface area contributed by atoms with E-state index in [0.29, 0.717) is 18.9 Å². The number of rotatable bonds is 7. The van der Waals surface area contributed by atoms with E-state index in [-0.39, 0.29) is 11.3 Å². The number of ketones is 1. The number of carbonyl (C=O) groups is 1. The van der Waals surface area contributed by atoms with Crippen LogP contribution in [0.1, 0.15) is 70.5 Å². The fourth-order valence-corrected chi connectivity index (χ4v) is 3.25. The molecule has 0 bridgehead atoms. The number of carbonyl (C=O) groups excluding carboxylic acids is 1. The van der Waals surface area contributed by atoms with Gasteiger partial charge in [-0.3, -0.25) is 9.48 Å². The highest BCUT2D eigenvalue weighted by molar-refractivity contribution is 5.81. The first kappa shape index (κ1) is 15.2. The maximum absolute atomic E-state index is 12.2. The Morgan fingerprint density at radius 3 is 2.65 bits per heavy atom. The van der Waals surface area contributed by atoms with Gasteiger partial charge in [0.1, 0.15) is 5.78 Å². The number of Topliss-reactive ketones (excluding diaryl/α,β-unsaturated/α-hetero) is 1. The van der Waals surface area contributed by atoms with Gasteiger partial charge in [-0.2, -0.15) is 5.10 Å². The number of nitrogens with zero attached hydrogens (tertiary/aromatic N) is 2. The van der Waals surface area contributed by atoms with Gasteiger partial charge in [-0.05, 0) is 31.7 Å². The summed E-state index contributed by atoms with van der Waals surface area (Å²) in [5.74, 6) is 0.226. The van der Waals surface area contributed by atoms with E-state index in [1.807, 2.05) is 16.9 Å². The molecule has 2 N–H and O–H groups in total. The first-order chi connectivity index (χ1) is 9.56. The summed E-state index contributed by atoms with van der Waals surface area (Å²) < 4.78 is 2.00. The van der Waals surface area contributed by atoms with Crippen molar-refractivity contribution >= 4 is 5.78 Å². The first-order valence-corrected chi connectivity index (χ1v) is 7.91. The van der Waals surface area contributed by atoms with E-state index in [1.54, 1.807) is 0 Å². The zero-order valence-electron chi connectivity index (χ0n) is 12.8. The molecule has 1 aromatic heterocycles. The molecule has 2 rings (SSSR count). The molecule has 0 amide bonds. The predicted octanol–water partition coefficient (Wildman–Crippen LogP) is 3.02. The van der Waals surface area contributed by atoms with E-state index < -0.39 is 0 Å².